The number of rotatable bonds is 5. The highest BCUT2D eigenvalue weighted by atomic mass is 16.5. The molecular formula is C17H26N2O. The summed E-state index contributed by atoms with van der Waals surface area (Å²) in [4.78, 5) is 0. The zero-order valence-electron chi connectivity index (χ0n) is 12.6. The number of benzene rings is 1. The fraction of sp³-hybridized carbons (Fsp3) is 0.647. The largest absolute Gasteiger partial charge is 0.496 e. The second-order valence-electron chi connectivity index (χ2n) is 6.64. The Morgan fingerprint density at radius 1 is 1.35 bits per heavy atom. The molecule has 3 nitrogen and oxygen atoms in total. The maximum atomic E-state index is 5.84. The average Bonchev–Trinajstić information content (AvgIpc) is 3.07. The summed E-state index contributed by atoms with van der Waals surface area (Å²) in [6.07, 6.45) is 6.87. The molecule has 2 bridgehead atoms. The maximum Gasteiger partial charge on any atom is 0.123 e. The van der Waals surface area contributed by atoms with Crippen LogP contribution in [0.15, 0.2) is 18.2 Å². The molecule has 0 aromatic heterocycles. The van der Waals surface area contributed by atoms with E-state index in [0.29, 0.717) is 0 Å². The molecular weight excluding hydrogens is 248 g/mol. The van der Waals surface area contributed by atoms with Crippen LogP contribution in [0.25, 0.3) is 0 Å². The van der Waals surface area contributed by atoms with Crippen LogP contribution in [0.2, 0.25) is 0 Å². The molecule has 0 saturated heterocycles. The van der Waals surface area contributed by atoms with Gasteiger partial charge in [0.05, 0.1) is 7.11 Å². The third-order valence-corrected chi connectivity index (χ3v) is 5.39. The molecule has 3 N–H and O–H groups in total. The summed E-state index contributed by atoms with van der Waals surface area (Å²) in [6, 6.07) is 6.60. The lowest BCUT2D eigenvalue weighted by Gasteiger charge is -2.27. The highest BCUT2D eigenvalue weighted by Crippen LogP contribution is 2.51. The van der Waals surface area contributed by atoms with Crippen LogP contribution in [-0.2, 0) is 0 Å². The summed E-state index contributed by atoms with van der Waals surface area (Å²) in [5.41, 5.74) is 5.44. The zero-order valence-corrected chi connectivity index (χ0v) is 12.6. The number of nitrogens with two attached hydrogens (primary N) is 1. The number of hydrogen-bond acceptors (Lipinski definition) is 3. The number of ether oxygens (including phenoxy) is 1. The minimum absolute atomic E-state index is 0.204. The minimum atomic E-state index is 0.204. The van der Waals surface area contributed by atoms with Gasteiger partial charge in [0.1, 0.15) is 5.75 Å². The lowest BCUT2D eigenvalue weighted by atomic mass is 9.82. The summed E-state index contributed by atoms with van der Waals surface area (Å²) in [5.74, 6) is 9.55. The van der Waals surface area contributed by atoms with Crippen LogP contribution in [0.5, 0.6) is 5.75 Å². The van der Waals surface area contributed by atoms with Gasteiger partial charge in [-0.05, 0) is 62.0 Å². The Labute approximate surface area is 121 Å². The van der Waals surface area contributed by atoms with Gasteiger partial charge in [0.2, 0.25) is 0 Å². The molecule has 4 unspecified atom stereocenters. The van der Waals surface area contributed by atoms with Gasteiger partial charge in [-0.3, -0.25) is 11.3 Å². The first-order chi connectivity index (χ1) is 9.71. The van der Waals surface area contributed by atoms with E-state index in [4.69, 9.17) is 10.6 Å². The molecule has 2 aliphatic rings. The predicted octanol–water partition coefficient (Wildman–Crippen LogP) is 3.33. The number of aryl methyl sites for hydroxylation is 1. The molecule has 0 amide bonds. The van der Waals surface area contributed by atoms with Crippen molar-refractivity contribution in [2.75, 3.05) is 7.11 Å². The topological polar surface area (TPSA) is 47.3 Å². The average molecular weight is 274 g/mol. The standard InChI is InChI=1S/C17H26N2O/c1-11-3-6-15(17(7-11)20-2)16(19-18)10-14-9-12-4-5-13(14)8-12/h3,6-7,12-14,16,19H,4-5,8-10,18H2,1-2H3. The zero-order chi connectivity index (χ0) is 14.1. The monoisotopic (exact) mass is 274 g/mol. The Hall–Kier alpha value is -1.06. The van der Waals surface area contributed by atoms with E-state index in [0.717, 1.165) is 29.9 Å². The van der Waals surface area contributed by atoms with Gasteiger partial charge in [-0.25, -0.2) is 0 Å². The van der Waals surface area contributed by atoms with Crippen LogP contribution in [0, 0.1) is 24.7 Å². The second-order valence-corrected chi connectivity index (χ2v) is 6.64. The molecule has 110 valence electrons. The molecule has 3 rings (SSSR count). The summed E-state index contributed by atoms with van der Waals surface area (Å²) in [7, 11) is 1.74. The summed E-state index contributed by atoms with van der Waals surface area (Å²) in [6.45, 7) is 2.09. The summed E-state index contributed by atoms with van der Waals surface area (Å²) < 4.78 is 5.54. The molecule has 4 atom stereocenters. The molecule has 1 aromatic carbocycles. The van der Waals surface area contributed by atoms with Crippen molar-refractivity contribution >= 4 is 0 Å². The van der Waals surface area contributed by atoms with Crippen molar-refractivity contribution in [3.63, 3.8) is 0 Å². The van der Waals surface area contributed by atoms with Crippen LogP contribution in [0.3, 0.4) is 0 Å². The number of hydrogen-bond donors (Lipinski definition) is 2. The number of fused-ring (bicyclic) bond motifs is 2. The Balaban J connectivity index is 1.76. The van der Waals surface area contributed by atoms with Gasteiger partial charge in [-0.1, -0.05) is 18.6 Å². The van der Waals surface area contributed by atoms with E-state index in [1.165, 1.54) is 36.8 Å². The molecule has 2 fully saturated rings. The van der Waals surface area contributed by atoms with E-state index in [1.54, 1.807) is 7.11 Å². The molecule has 0 radical (unpaired) electrons. The van der Waals surface area contributed by atoms with Crippen LogP contribution < -0.4 is 16.0 Å². The third-order valence-electron chi connectivity index (χ3n) is 5.39. The molecule has 0 spiro atoms. The molecule has 3 heteroatoms. The van der Waals surface area contributed by atoms with Crippen LogP contribution in [-0.4, -0.2) is 7.11 Å². The normalized spacial score (nSPS) is 29.6. The number of methoxy groups -OCH3 is 1. The molecule has 0 aliphatic heterocycles. The molecule has 1 aromatic rings. The first kappa shape index (κ1) is 13.9. The van der Waals surface area contributed by atoms with Crippen molar-refractivity contribution in [2.24, 2.45) is 23.6 Å². The first-order valence-electron chi connectivity index (χ1n) is 7.82. The Bertz CT molecular complexity index is 474. The first-order valence-corrected chi connectivity index (χ1v) is 7.82. The molecule has 2 aliphatic carbocycles. The summed E-state index contributed by atoms with van der Waals surface area (Å²) in [5, 5.41) is 0. The maximum absolute atomic E-state index is 5.84. The van der Waals surface area contributed by atoms with E-state index in [2.05, 4.69) is 30.5 Å². The number of nitrogens with one attached hydrogen (secondary N) is 1. The van der Waals surface area contributed by atoms with Crippen molar-refractivity contribution in [1.29, 1.82) is 0 Å². The quantitative estimate of drug-likeness (QED) is 0.639. The summed E-state index contributed by atoms with van der Waals surface area (Å²) >= 11 is 0. The van der Waals surface area contributed by atoms with E-state index in [-0.39, 0.29) is 6.04 Å². The van der Waals surface area contributed by atoms with Crippen molar-refractivity contribution in [2.45, 2.75) is 45.1 Å². The molecule has 0 heterocycles. The fourth-order valence-electron chi connectivity index (χ4n) is 4.36. The van der Waals surface area contributed by atoms with Crippen LogP contribution in [0.4, 0.5) is 0 Å². The van der Waals surface area contributed by atoms with E-state index >= 15 is 0 Å². The van der Waals surface area contributed by atoms with Gasteiger partial charge in [-0.2, -0.15) is 0 Å². The van der Waals surface area contributed by atoms with Gasteiger partial charge in [0, 0.05) is 11.6 Å². The number of hydrazine groups is 1. The van der Waals surface area contributed by atoms with Crippen molar-refractivity contribution < 1.29 is 4.74 Å². The predicted molar refractivity (Wildman–Crippen MR) is 81.4 cm³/mol. The second kappa shape index (κ2) is 5.74. The third kappa shape index (κ3) is 2.57. The minimum Gasteiger partial charge on any atom is -0.496 e. The lowest BCUT2D eigenvalue weighted by Crippen LogP contribution is -2.31. The highest BCUT2D eigenvalue weighted by Gasteiger charge is 2.40. The van der Waals surface area contributed by atoms with Crippen LogP contribution in [0.1, 0.15) is 49.3 Å². The lowest BCUT2D eigenvalue weighted by molar-refractivity contribution is 0.276. The molecule has 2 saturated carbocycles. The van der Waals surface area contributed by atoms with Gasteiger partial charge in [0.15, 0.2) is 0 Å². The highest BCUT2D eigenvalue weighted by molar-refractivity contribution is 5.39. The van der Waals surface area contributed by atoms with Crippen molar-refractivity contribution in [3.05, 3.63) is 29.3 Å². The van der Waals surface area contributed by atoms with Crippen LogP contribution >= 0.6 is 0 Å². The SMILES string of the molecule is COc1cc(C)ccc1C(CC1CC2CCC1C2)NN. The van der Waals surface area contributed by atoms with Gasteiger partial charge >= 0.3 is 0 Å². The smallest absolute Gasteiger partial charge is 0.123 e. The molecule has 20 heavy (non-hydrogen) atoms. The fourth-order valence-corrected chi connectivity index (χ4v) is 4.36. The Morgan fingerprint density at radius 3 is 2.80 bits per heavy atom. The van der Waals surface area contributed by atoms with E-state index in [9.17, 15) is 0 Å². The van der Waals surface area contributed by atoms with Crippen molar-refractivity contribution in [3.8, 4) is 5.75 Å². The van der Waals surface area contributed by atoms with E-state index < -0.39 is 0 Å². The van der Waals surface area contributed by atoms with Gasteiger partial charge < -0.3 is 4.74 Å². The Morgan fingerprint density at radius 2 is 2.20 bits per heavy atom. The van der Waals surface area contributed by atoms with Gasteiger partial charge in [-0.15, -0.1) is 0 Å². The van der Waals surface area contributed by atoms with Crippen molar-refractivity contribution in [1.82, 2.24) is 5.43 Å². The van der Waals surface area contributed by atoms with E-state index in [1.807, 2.05) is 0 Å². The Kier molecular flexibility index (Phi) is 3.99. The van der Waals surface area contributed by atoms with Gasteiger partial charge in [0.25, 0.3) is 0 Å².